The molecule has 0 saturated carbocycles. The van der Waals surface area contributed by atoms with Crippen molar-refractivity contribution in [1.82, 2.24) is 15.5 Å². The van der Waals surface area contributed by atoms with E-state index in [9.17, 15) is 0 Å². The van der Waals surface area contributed by atoms with Gasteiger partial charge in [0.1, 0.15) is 10.0 Å². The SMILES string of the molecule is CNCCCc1nnc(-c2ccc(C(C)(C)C)cc2)s1. The molecule has 108 valence electrons. The molecule has 1 aromatic carbocycles. The number of hydrogen-bond donors (Lipinski definition) is 1. The normalized spacial score (nSPS) is 11.8. The predicted octanol–water partition coefficient (Wildman–Crippen LogP) is 3.65. The highest BCUT2D eigenvalue weighted by molar-refractivity contribution is 7.14. The zero-order valence-electron chi connectivity index (χ0n) is 12.7. The van der Waals surface area contributed by atoms with E-state index in [1.54, 1.807) is 11.3 Å². The van der Waals surface area contributed by atoms with E-state index < -0.39 is 0 Å². The van der Waals surface area contributed by atoms with Crippen LogP contribution in [0.2, 0.25) is 0 Å². The van der Waals surface area contributed by atoms with E-state index in [1.165, 1.54) is 5.56 Å². The third-order valence-corrected chi connectivity index (χ3v) is 4.31. The van der Waals surface area contributed by atoms with Crippen LogP contribution in [-0.4, -0.2) is 23.8 Å². The van der Waals surface area contributed by atoms with Crippen LogP contribution in [0.25, 0.3) is 10.6 Å². The molecule has 0 spiro atoms. The Balaban J connectivity index is 2.08. The highest BCUT2D eigenvalue weighted by Gasteiger charge is 2.14. The van der Waals surface area contributed by atoms with Gasteiger partial charge in [-0.2, -0.15) is 0 Å². The van der Waals surface area contributed by atoms with Gasteiger partial charge in [-0.05, 0) is 31.0 Å². The van der Waals surface area contributed by atoms with Gasteiger partial charge in [-0.25, -0.2) is 0 Å². The maximum absolute atomic E-state index is 4.31. The first-order valence-corrected chi connectivity index (χ1v) is 7.90. The summed E-state index contributed by atoms with van der Waals surface area (Å²) in [5.74, 6) is 0. The fraction of sp³-hybridized carbons (Fsp3) is 0.500. The molecule has 1 aromatic heterocycles. The first kappa shape index (κ1) is 15.1. The van der Waals surface area contributed by atoms with Crippen molar-refractivity contribution >= 4 is 11.3 Å². The second-order valence-corrected chi connectivity index (χ2v) is 7.10. The smallest absolute Gasteiger partial charge is 0.147 e. The van der Waals surface area contributed by atoms with E-state index in [0.29, 0.717) is 0 Å². The summed E-state index contributed by atoms with van der Waals surface area (Å²) < 4.78 is 0. The summed E-state index contributed by atoms with van der Waals surface area (Å²) in [7, 11) is 1.97. The van der Waals surface area contributed by atoms with Gasteiger partial charge in [0.2, 0.25) is 0 Å². The Morgan fingerprint density at radius 3 is 2.40 bits per heavy atom. The van der Waals surface area contributed by atoms with E-state index >= 15 is 0 Å². The Kier molecular flexibility index (Phi) is 4.89. The molecular weight excluding hydrogens is 266 g/mol. The Hall–Kier alpha value is -1.26. The fourth-order valence-corrected chi connectivity index (χ4v) is 2.89. The molecule has 4 heteroatoms. The summed E-state index contributed by atoms with van der Waals surface area (Å²) in [5.41, 5.74) is 2.70. The molecule has 0 aliphatic rings. The first-order chi connectivity index (χ1) is 9.50. The van der Waals surface area contributed by atoms with E-state index in [4.69, 9.17) is 0 Å². The van der Waals surface area contributed by atoms with Crippen molar-refractivity contribution in [2.45, 2.75) is 39.0 Å². The quantitative estimate of drug-likeness (QED) is 0.854. The zero-order valence-corrected chi connectivity index (χ0v) is 13.5. The lowest BCUT2D eigenvalue weighted by molar-refractivity contribution is 0.590. The molecule has 3 nitrogen and oxygen atoms in total. The minimum absolute atomic E-state index is 0.192. The van der Waals surface area contributed by atoms with Gasteiger partial charge < -0.3 is 5.32 Å². The summed E-state index contributed by atoms with van der Waals surface area (Å²) in [6.45, 7) is 7.71. The van der Waals surface area contributed by atoms with Crippen molar-refractivity contribution in [1.29, 1.82) is 0 Å². The van der Waals surface area contributed by atoms with Crippen LogP contribution in [0, 0.1) is 0 Å². The Bertz CT molecular complexity index is 538. The Morgan fingerprint density at radius 2 is 1.80 bits per heavy atom. The standard InChI is InChI=1S/C16H23N3S/c1-16(2,3)13-9-7-12(8-10-13)15-19-18-14(20-15)6-5-11-17-4/h7-10,17H,5-6,11H2,1-4H3. The van der Waals surface area contributed by atoms with Crippen molar-refractivity contribution in [3.05, 3.63) is 34.8 Å². The van der Waals surface area contributed by atoms with Crippen LogP contribution in [0.4, 0.5) is 0 Å². The van der Waals surface area contributed by atoms with Crippen LogP contribution < -0.4 is 5.32 Å². The average molecular weight is 289 g/mol. The molecule has 0 saturated heterocycles. The molecule has 0 amide bonds. The maximum atomic E-state index is 4.31. The lowest BCUT2D eigenvalue weighted by Crippen LogP contribution is -2.10. The van der Waals surface area contributed by atoms with Crippen molar-refractivity contribution < 1.29 is 0 Å². The van der Waals surface area contributed by atoms with Crippen molar-refractivity contribution in [3.8, 4) is 10.6 Å². The van der Waals surface area contributed by atoms with Gasteiger partial charge in [-0.3, -0.25) is 0 Å². The van der Waals surface area contributed by atoms with E-state index in [-0.39, 0.29) is 5.41 Å². The van der Waals surface area contributed by atoms with Crippen LogP contribution in [0.1, 0.15) is 37.8 Å². The van der Waals surface area contributed by atoms with Gasteiger partial charge in [0.15, 0.2) is 0 Å². The van der Waals surface area contributed by atoms with Gasteiger partial charge in [-0.15, -0.1) is 10.2 Å². The third kappa shape index (κ3) is 3.87. The van der Waals surface area contributed by atoms with Crippen LogP contribution in [-0.2, 0) is 11.8 Å². The van der Waals surface area contributed by atoms with E-state index in [2.05, 4.69) is 60.6 Å². The molecule has 0 aliphatic heterocycles. The van der Waals surface area contributed by atoms with E-state index in [1.807, 2.05) is 7.05 Å². The van der Waals surface area contributed by atoms with Gasteiger partial charge in [0, 0.05) is 12.0 Å². The first-order valence-electron chi connectivity index (χ1n) is 7.08. The molecular formula is C16H23N3S. The number of benzene rings is 1. The molecule has 0 atom stereocenters. The Morgan fingerprint density at radius 1 is 1.10 bits per heavy atom. The van der Waals surface area contributed by atoms with Gasteiger partial charge in [0.25, 0.3) is 0 Å². The molecule has 2 rings (SSSR count). The molecule has 0 fully saturated rings. The number of nitrogens with one attached hydrogen (secondary N) is 1. The number of aryl methyl sites for hydroxylation is 1. The van der Waals surface area contributed by atoms with Crippen LogP contribution >= 0.6 is 11.3 Å². The van der Waals surface area contributed by atoms with E-state index in [0.717, 1.165) is 35.0 Å². The summed E-state index contributed by atoms with van der Waals surface area (Å²) >= 11 is 1.70. The highest BCUT2D eigenvalue weighted by Crippen LogP contribution is 2.28. The van der Waals surface area contributed by atoms with Crippen LogP contribution in [0.15, 0.2) is 24.3 Å². The summed E-state index contributed by atoms with van der Waals surface area (Å²) in [6, 6.07) is 8.69. The lowest BCUT2D eigenvalue weighted by atomic mass is 9.87. The molecule has 1 heterocycles. The lowest BCUT2D eigenvalue weighted by Gasteiger charge is -2.18. The number of rotatable bonds is 5. The summed E-state index contributed by atoms with van der Waals surface area (Å²) in [6.07, 6.45) is 2.10. The average Bonchev–Trinajstić information content (AvgIpc) is 2.87. The molecule has 0 unspecified atom stereocenters. The molecule has 0 aliphatic carbocycles. The highest BCUT2D eigenvalue weighted by atomic mass is 32.1. The summed E-state index contributed by atoms with van der Waals surface area (Å²) in [5, 5.41) is 13.9. The molecule has 2 aromatic rings. The van der Waals surface area contributed by atoms with Crippen molar-refractivity contribution in [2.24, 2.45) is 0 Å². The minimum atomic E-state index is 0.192. The van der Waals surface area contributed by atoms with Crippen LogP contribution in [0.5, 0.6) is 0 Å². The van der Waals surface area contributed by atoms with Gasteiger partial charge >= 0.3 is 0 Å². The second-order valence-electron chi connectivity index (χ2n) is 6.04. The molecule has 0 radical (unpaired) electrons. The predicted molar refractivity (Wildman–Crippen MR) is 86.3 cm³/mol. The monoisotopic (exact) mass is 289 g/mol. The van der Waals surface area contributed by atoms with Gasteiger partial charge in [0.05, 0.1) is 0 Å². The summed E-state index contributed by atoms with van der Waals surface area (Å²) in [4.78, 5) is 0. The number of hydrogen-bond acceptors (Lipinski definition) is 4. The van der Waals surface area contributed by atoms with Crippen LogP contribution in [0.3, 0.4) is 0 Å². The zero-order chi connectivity index (χ0) is 14.6. The Labute approximate surface area is 125 Å². The van der Waals surface area contributed by atoms with Crippen molar-refractivity contribution in [2.75, 3.05) is 13.6 Å². The molecule has 1 N–H and O–H groups in total. The van der Waals surface area contributed by atoms with Gasteiger partial charge in [-0.1, -0.05) is 56.4 Å². The molecule has 0 bridgehead atoms. The number of nitrogens with zero attached hydrogens (tertiary/aromatic N) is 2. The second kappa shape index (κ2) is 6.46. The molecule has 20 heavy (non-hydrogen) atoms. The maximum Gasteiger partial charge on any atom is 0.147 e. The van der Waals surface area contributed by atoms with Crippen molar-refractivity contribution in [3.63, 3.8) is 0 Å². The third-order valence-electron chi connectivity index (χ3n) is 3.28. The fourth-order valence-electron chi connectivity index (χ4n) is 2.00. The largest absolute Gasteiger partial charge is 0.320 e. The topological polar surface area (TPSA) is 37.8 Å². The minimum Gasteiger partial charge on any atom is -0.320 e. The number of aromatic nitrogens is 2.